The van der Waals surface area contributed by atoms with Crippen LogP contribution in [0.4, 0.5) is 0 Å². The number of rotatable bonds is 22. The van der Waals surface area contributed by atoms with E-state index in [2.05, 4.69) is 12.0 Å². The standard InChI is InChI=1S/C38H50Cl2N2O4/c1-3-4-5-6-7-8-9-10-11-12-13-14-15-16-17-18-34(44)46-28-27-42-38(45)35(29(2)43)36(30-19-23-32(39)24-20-30)37(41-42)31-21-25-33(40)26-22-31/h19-26H,3-18,27-28H2,1-2H3. The minimum absolute atomic E-state index is 0.0117. The molecule has 1 heterocycles. The maximum atomic E-state index is 13.5. The number of ether oxygens (including phenoxy) is 1. The van der Waals surface area contributed by atoms with Crippen molar-refractivity contribution >= 4 is 35.0 Å². The van der Waals surface area contributed by atoms with E-state index >= 15 is 0 Å². The van der Waals surface area contributed by atoms with E-state index in [1.165, 1.54) is 88.7 Å². The molecule has 8 heteroatoms. The normalized spacial score (nSPS) is 11.1. The summed E-state index contributed by atoms with van der Waals surface area (Å²) in [5.41, 5.74) is 1.70. The zero-order valence-electron chi connectivity index (χ0n) is 27.6. The number of carbonyl (C=O) groups excluding carboxylic acids is 2. The number of aromatic nitrogens is 2. The summed E-state index contributed by atoms with van der Waals surface area (Å²) in [7, 11) is 0. The summed E-state index contributed by atoms with van der Waals surface area (Å²) < 4.78 is 6.66. The molecule has 0 saturated heterocycles. The Labute approximate surface area is 284 Å². The first kappa shape index (κ1) is 37.5. The molecule has 0 atom stereocenters. The topological polar surface area (TPSA) is 78.3 Å². The number of hydrogen-bond donors (Lipinski definition) is 0. The Hall–Kier alpha value is -2.96. The molecule has 0 unspecified atom stereocenters. The number of carbonyl (C=O) groups is 2. The number of halogens is 2. The lowest BCUT2D eigenvalue weighted by atomic mass is 9.94. The maximum absolute atomic E-state index is 13.5. The molecule has 3 rings (SSSR count). The molecule has 0 bridgehead atoms. The third kappa shape index (κ3) is 12.7. The van der Waals surface area contributed by atoms with Gasteiger partial charge >= 0.3 is 5.97 Å². The quantitative estimate of drug-likeness (QED) is 0.0604. The van der Waals surface area contributed by atoms with Crippen LogP contribution in [0.1, 0.15) is 127 Å². The minimum Gasteiger partial charge on any atom is -0.464 e. The van der Waals surface area contributed by atoms with Gasteiger partial charge in [-0.1, -0.05) is 144 Å². The van der Waals surface area contributed by atoms with Gasteiger partial charge in [0.15, 0.2) is 5.78 Å². The average molecular weight is 670 g/mol. The van der Waals surface area contributed by atoms with Gasteiger partial charge in [0.1, 0.15) is 6.61 Å². The van der Waals surface area contributed by atoms with Crippen molar-refractivity contribution in [2.24, 2.45) is 0 Å². The number of hydrogen-bond acceptors (Lipinski definition) is 5. The van der Waals surface area contributed by atoms with Crippen LogP contribution >= 0.6 is 23.2 Å². The first-order valence-corrected chi connectivity index (χ1v) is 17.9. The second kappa shape index (κ2) is 21.0. The molecule has 46 heavy (non-hydrogen) atoms. The lowest BCUT2D eigenvalue weighted by molar-refractivity contribution is -0.144. The number of unbranched alkanes of at least 4 members (excludes halogenated alkanes) is 14. The van der Waals surface area contributed by atoms with Gasteiger partial charge in [0.05, 0.1) is 17.8 Å². The van der Waals surface area contributed by atoms with Gasteiger partial charge in [0, 0.05) is 27.6 Å². The van der Waals surface area contributed by atoms with E-state index in [-0.39, 0.29) is 30.5 Å². The number of benzene rings is 2. The van der Waals surface area contributed by atoms with Crippen molar-refractivity contribution in [3.63, 3.8) is 0 Å². The lowest BCUT2D eigenvalue weighted by Gasteiger charge is -2.16. The summed E-state index contributed by atoms with van der Waals surface area (Å²) in [6.07, 6.45) is 19.4. The van der Waals surface area contributed by atoms with Crippen LogP contribution in [-0.2, 0) is 16.1 Å². The summed E-state index contributed by atoms with van der Waals surface area (Å²) >= 11 is 12.2. The molecule has 0 aliphatic heterocycles. The van der Waals surface area contributed by atoms with E-state index in [0.717, 1.165) is 19.3 Å². The Morgan fingerprint density at radius 3 is 1.63 bits per heavy atom. The van der Waals surface area contributed by atoms with Gasteiger partial charge in [-0.15, -0.1) is 0 Å². The number of nitrogens with zero attached hydrogens (tertiary/aromatic N) is 2. The minimum atomic E-state index is -0.534. The summed E-state index contributed by atoms with van der Waals surface area (Å²) in [6, 6.07) is 14.0. The van der Waals surface area contributed by atoms with Crippen LogP contribution < -0.4 is 5.56 Å². The summed E-state index contributed by atoms with van der Waals surface area (Å²) in [5.74, 6) is -0.670. The Balaban J connectivity index is 1.46. The molecule has 0 saturated carbocycles. The average Bonchev–Trinajstić information content (AvgIpc) is 3.04. The molecule has 1 aromatic heterocycles. The Bertz CT molecular complexity index is 1420. The van der Waals surface area contributed by atoms with Gasteiger partial charge in [0.25, 0.3) is 5.56 Å². The molecule has 2 aromatic carbocycles. The molecule has 0 fully saturated rings. The second-order valence-electron chi connectivity index (χ2n) is 12.1. The first-order valence-electron chi connectivity index (χ1n) is 17.1. The van der Waals surface area contributed by atoms with Gasteiger partial charge in [0.2, 0.25) is 0 Å². The summed E-state index contributed by atoms with van der Waals surface area (Å²) in [6.45, 7) is 3.65. The van der Waals surface area contributed by atoms with E-state index in [0.29, 0.717) is 38.9 Å². The predicted octanol–water partition coefficient (Wildman–Crippen LogP) is 10.9. The highest BCUT2D eigenvalue weighted by atomic mass is 35.5. The van der Waals surface area contributed by atoms with E-state index in [1.807, 2.05) is 0 Å². The van der Waals surface area contributed by atoms with Crippen molar-refractivity contribution in [1.29, 1.82) is 0 Å². The highest BCUT2D eigenvalue weighted by molar-refractivity contribution is 6.31. The van der Waals surface area contributed by atoms with Gasteiger partial charge in [-0.05, 0) is 43.2 Å². The molecule has 0 aliphatic carbocycles. The Kier molecular flexibility index (Phi) is 17.1. The van der Waals surface area contributed by atoms with E-state index in [4.69, 9.17) is 27.9 Å². The second-order valence-corrected chi connectivity index (χ2v) is 13.0. The van der Waals surface area contributed by atoms with Crippen LogP contribution in [-0.4, -0.2) is 28.1 Å². The van der Waals surface area contributed by atoms with Crippen LogP contribution in [0.25, 0.3) is 22.4 Å². The van der Waals surface area contributed by atoms with Crippen molar-refractivity contribution in [3.8, 4) is 22.4 Å². The van der Waals surface area contributed by atoms with Crippen molar-refractivity contribution in [2.75, 3.05) is 6.61 Å². The van der Waals surface area contributed by atoms with Crippen LogP contribution in [0.5, 0.6) is 0 Å². The van der Waals surface area contributed by atoms with Gasteiger partial charge in [-0.2, -0.15) is 5.10 Å². The van der Waals surface area contributed by atoms with Crippen molar-refractivity contribution < 1.29 is 14.3 Å². The van der Waals surface area contributed by atoms with Gasteiger partial charge in [-0.3, -0.25) is 14.4 Å². The highest BCUT2D eigenvalue weighted by Gasteiger charge is 2.23. The third-order valence-corrected chi connectivity index (χ3v) is 8.81. The third-order valence-electron chi connectivity index (χ3n) is 8.31. The van der Waals surface area contributed by atoms with Crippen molar-refractivity contribution in [1.82, 2.24) is 9.78 Å². The van der Waals surface area contributed by atoms with Crippen molar-refractivity contribution in [2.45, 2.75) is 123 Å². The van der Waals surface area contributed by atoms with Crippen LogP contribution in [0, 0.1) is 0 Å². The van der Waals surface area contributed by atoms with E-state index < -0.39 is 5.56 Å². The van der Waals surface area contributed by atoms with Gasteiger partial charge in [-0.25, -0.2) is 4.68 Å². The SMILES string of the molecule is CCCCCCCCCCCCCCCCCC(=O)OCCn1nc(-c2ccc(Cl)cc2)c(-c2ccc(Cl)cc2)c(C(C)=O)c1=O. The van der Waals surface area contributed by atoms with Crippen molar-refractivity contribution in [3.05, 3.63) is 74.5 Å². The zero-order valence-corrected chi connectivity index (χ0v) is 29.1. The molecule has 0 radical (unpaired) electrons. The fourth-order valence-corrected chi connectivity index (χ4v) is 5.97. The molecule has 0 aliphatic rings. The highest BCUT2D eigenvalue weighted by Crippen LogP contribution is 2.33. The lowest BCUT2D eigenvalue weighted by Crippen LogP contribution is -2.31. The fourth-order valence-electron chi connectivity index (χ4n) is 5.71. The number of esters is 1. The zero-order chi connectivity index (χ0) is 33.1. The maximum Gasteiger partial charge on any atom is 0.305 e. The van der Waals surface area contributed by atoms with Crippen LogP contribution in [0.3, 0.4) is 0 Å². The van der Waals surface area contributed by atoms with E-state index in [1.54, 1.807) is 48.5 Å². The summed E-state index contributed by atoms with van der Waals surface area (Å²) in [5, 5.41) is 5.73. The summed E-state index contributed by atoms with van der Waals surface area (Å²) in [4.78, 5) is 38.8. The number of ketones is 1. The molecule has 0 spiro atoms. The fraction of sp³-hybridized carbons (Fsp3) is 0.526. The molecular formula is C38H50Cl2N2O4. The predicted molar refractivity (Wildman–Crippen MR) is 190 cm³/mol. The Morgan fingerprint density at radius 1 is 0.696 bits per heavy atom. The molecule has 3 aromatic rings. The smallest absolute Gasteiger partial charge is 0.305 e. The largest absolute Gasteiger partial charge is 0.464 e. The Morgan fingerprint density at radius 2 is 1.15 bits per heavy atom. The monoisotopic (exact) mass is 668 g/mol. The van der Waals surface area contributed by atoms with E-state index in [9.17, 15) is 14.4 Å². The molecule has 0 N–H and O–H groups in total. The van der Waals surface area contributed by atoms with Gasteiger partial charge < -0.3 is 4.74 Å². The molecule has 6 nitrogen and oxygen atoms in total. The number of Topliss-reactive ketones (excluding diaryl/α,β-unsaturated/α-hetero) is 1. The molecule has 0 amide bonds. The van der Waals surface area contributed by atoms with Crippen LogP contribution in [0.2, 0.25) is 10.0 Å². The molecular weight excluding hydrogens is 619 g/mol. The first-order chi connectivity index (χ1) is 22.3. The molecule has 250 valence electrons. The van der Waals surface area contributed by atoms with Crippen LogP contribution in [0.15, 0.2) is 53.3 Å².